The van der Waals surface area contributed by atoms with Gasteiger partial charge in [-0.2, -0.15) is 5.10 Å². The number of rotatable bonds is 7. The van der Waals surface area contributed by atoms with E-state index in [0.29, 0.717) is 23.9 Å². The van der Waals surface area contributed by atoms with Crippen molar-refractivity contribution in [1.82, 2.24) is 9.78 Å². The van der Waals surface area contributed by atoms with Gasteiger partial charge in [-0.1, -0.05) is 42.5 Å². The Labute approximate surface area is 152 Å². The highest BCUT2D eigenvalue weighted by Gasteiger charge is 2.11. The number of ether oxygens (including phenoxy) is 2. The van der Waals surface area contributed by atoms with Crippen LogP contribution in [-0.4, -0.2) is 29.4 Å². The van der Waals surface area contributed by atoms with Crippen LogP contribution in [0.25, 0.3) is 0 Å². The van der Waals surface area contributed by atoms with E-state index in [-0.39, 0.29) is 12.5 Å². The summed E-state index contributed by atoms with van der Waals surface area (Å²) in [5, 5.41) is 7.30. The van der Waals surface area contributed by atoms with Gasteiger partial charge >= 0.3 is 0 Å². The van der Waals surface area contributed by atoms with Crippen LogP contribution in [0, 0.1) is 6.92 Å². The Kier molecular flexibility index (Phi) is 5.53. The van der Waals surface area contributed by atoms with Crippen LogP contribution in [-0.2, 0) is 11.3 Å². The first-order chi connectivity index (χ1) is 12.7. The smallest absolute Gasteiger partial charge is 0.263 e. The molecule has 0 fully saturated rings. The maximum atomic E-state index is 12.3. The summed E-state index contributed by atoms with van der Waals surface area (Å²) in [5.74, 6) is 1.49. The van der Waals surface area contributed by atoms with E-state index in [0.717, 1.165) is 11.3 Å². The van der Waals surface area contributed by atoms with Crippen LogP contribution in [0.2, 0.25) is 0 Å². The van der Waals surface area contributed by atoms with Gasteiger partial charge in [0.05, 0.1) is 19.3 Å². The van der Waals surface area contributed by atoms with Crippen molar-refractivity contribution in [3.63, 3.8) is 0 Å². The van der Waals surface area contributed by atoms with E-state index in [2.05, 4.69) is 10.4 Å². The molecule has 1 heterocycles. The zero-order chi connectivity index (χ0) is 18.4. The number of carbonyl (C=O) groups excluding carboxylic acids is 1. The van der Waals surface area contributed by atoms with Gasteiger partial charge in [0.25, 0.3) is 5.91 Å². The van der Waals surface area contributed by atoms with E-state index in [1.165, 1.54) is 0 Å². The van der Waals surface area contributed by atoms with E-state index in [1.54, 1.807) is 23.9 Å². The topological polar surface area (TPSA) is 65.4 Å². The van der Waals surface area contributed by atoms with Gasteiger partial charge in [0, 0.05) is 6.07 Å². The van der Waals surface area contributed by atoms with Crippen molar-refractivity contribution < 1.29 is 14.3 Å². The van der Waals surface area contributed by atoms with Gasteiger partial charge in [0.1, 0.15) is 5.82 Å². The first-order valence-corrected chi connectivity index (χ1v) is 8.30. The van der Waals surface area contributed by atoms with Crippen LogP contribution >= 0.6 is 0 Å². The number of nitrogens with one attached hydrogen (secondary N) is 1. The third kappa shape index (κ3) is 4.42. The van der Waals surface area contributed by atoms with Gasteiger partial charge in [-0.3, -0.25) is 4.79 Å². The molecule has 0 bridgehead atoms. The molecule has 6 nitrogen and oxygen atoms in total. The highest BCUT2D eigenvalue weighted by molar-refractivity contribution is 5.91. The lowest BCUT2D eigenvalue weighted by Gasteiger charge is -2.11. The molecule has 26 heavy (non-hydrogen) atoms. The fraction of sp³-hybridized carbons (Fsp3) is 0.200. The zero-order valence-electron chi connectivity index (χ0n) is 14.8. The number of nitrogens with zero attached hydrogens (tertiary/aromatic N) is 2. The van der Waals surface area contributed by atoms with Crippen LogP contribution in [0.3, 0.4) is 0 Å². The summed E-state index contributed by atoms with van der Waals surface area (Å²) < 4.78 is 12.5. The van der Waals surface area contributed by atoms with Gasteiger partial charge in [0.15, 0.2) is 18.1 Å². The van der Waals surface area contributed by atoms with Crippen LogP contribution in [0.1, 0.15) is 11.3 Å². The summed E-state index contributed by atoms with van der Waals surface area (Å²) in [4.78, 5) is 12.3. The van der Waals surface area contributed by atoms with E-state index in [1.807, 2.05) is 55.5 Å². The van der Waals surface area contributed by atoms with Crippen molar-refractivity contribution in [2.75, 3.05) is 19.0 Å². The number of anilines is 1. The first kappa shape index (κ1) is 17.5. The largest absolute Gasteiger partial charge is 0.493 e. The summed E-state index contributed by atoms with van der Waals surface area (Å²) in [7, 11) is 1.56. The lowest BCUT2D eigenvalue weighted by molar-refractivity contribution is -0.118. The van der Waals surface area contributed by atoms with Gasteiger partial charge < -0.3 is 14.8 Å². The number of aromatic nitrogens is 2. The molecule has 3 aromatic rings. The minimum atomic E-state index is -0.259. The number of para-hydroxylation sites is 2. The molecule has 0 radical (unpaired) electrons. The Hall–Kier alpha value is -3.28. The normalized spacial score (nSPS) is 10.4. The third-order valence-corrected chi connectivity index (χ3v) is 3.77. The molecule has 0 aliphatic carbocycles. The summed E-state index contributed by atoms with van der Waals surface area (Å²) in [6, 6.07) is 19.0. The minimum absolute atomic E-state index is 0.115. The number of methoxy groups -OCH3 is 1. The van der Waals surface area contributed by atoms with Gasteiger partial charge in [-0.05, 0) is 24.6 Å². The number of hydrogen-bond acceptors (Lipinski definition) is 4. The Balaban J connectivity index is 1.64. The summed E-state index contributed by atoms with van der Waals surface area (Å²) in [6.07, 6.45) is 0. The lowest BCUT2D eigenvalue weighted by atomic mass is 10.2. The van der Waals surface area contributed by atoms with E-state index >= 15 is 0 Å². The van der Waals surface area contributed by atoms with Crippen molar-refractivity contribution in [3.8, 4) is 11.5 Å². The molecule has 0 unspecified atom stereocenters. The van der Waals surface area contributed by atoms with E-state index < -0.39 is 0 Å². The van der Waals surface area contributed by atoms with Gasteiger partial charge in [-0.15, -0.1) is 0 Å². The minimum Gasteiger partial charge on any atom is -0.493 e. The van der Waals surface area contributed by atoms with Crippen molar-refractivity contribution in [2.45, 2.75) is 13.5 Å². The summed E-state index contributed by atoms with van der Waals surface area (Å²) >= 11 is 0. The molecule has 0 aliphatic rings. The number of aryl methyl sites for hydroxylation is 1. The number of carbonyl (C=O) groups is 1. The quantitative estimate of drug-likeness (QED) is 0.709. The standard InChI is InChI=1S/C20H21N3O3/c1-15-12-19(23(22-15)13-16-8-4-3-5-9-16)21-20(24)14-26-18-11-7-6-10-17(18)25-2/h3-12H,13-14H2,1-2H3,(H,21,24). The second-order valence-corrected chi connectivity index (χ2v) is 5.80. The molecule has 1 aromatic heterocycles. The molecule has 1 amide bonds. The molecule has 6 heteroatoms. The van der Waals surface area contributed by atoms with Gasteiger partial charge in [0.2, 0.25) is 0 Å². The maximum Gasteiger partial charge on any atom is 0.263 e. The fourth-order valence-corrected chi connectivity index (χ4v) is 2.58. The molecule has 0 spiro atoms. The number of benzene rings is 2. The Morgan fingerprint density at radius 2 is 1.77 bits per heavy atom. The van der Waals surface area contributed by atoms with Crippen molar-refractivity contribution >= 4 is 11.7 Å². The predicted octanol–water partition coefficient (Wildman–Crippen LogP) is 3.27. The van der Waals surface area contributed by atoms with Crippen LogP contribution in [0.5, 0.6) is 11.5 Å². The Morgan fingerprint density at radius 1 is 1.08 bits per heavy atom. The number of amides is 1. The third-order valence-electron chi connectivity index (χ3n) is 3.77. The van der Waals surface area contributed by atoms with Crippen LogP contribution < -0.4 is 14.8 Å². The zero-order valence-corrected chi connectivity index (χ0v) is 14.8. The van der Waals surface area contributed by atoms with E-state index in [4.69, 9.17) is 9.47 Å². The van der Waals surface area contributed by atoms with Crippen LogP contribution in [0.15, 0.2) is 60.7 Å². The van der Waals surface area contributed by atoms with Crippen molar-refractivity contribution in [3.05, 3.63) is 71.9 Å². The highest BCUT2D eigenvalue weighted by atomic mass is 16.5. The second-order valence-electron chi connectivity index (χ2n) is 5.80. The van der Waals surface area contributed by atoms with Crippen molar-refractivity contribution in [2.24, 2.45) is 0 Å². The lowest BCUT2D eigenvalue weighted by Crippen LogP contribution is -2.22. The molecule has 0 atom stereocenters. The average molecular weight is 351 g/mol. The molecule has 3 rings (SSSR count). The fourth-order valence-electron chi connectivity index (χ4n) is 2.58. The molecular weight excluding hydrogens is 330 g/mol. The molecule has 2 aromatic carbocycles. The van der Waals surface area contributed by atoms with Gasteiger partial charge in [-0.25, -0.2) is 4.68 Å². The monoisotopic (exact) mass is 351 g/mol. The Morgan fingerprint density at radius 3 is 2.50 bits per heavy atom. The molecule has 1 N–H and O–H groups in total. The highest BCUT2D eigenvalue weighted by Crippen LogP contribution is 2.25. The average Bonchev–Trinajstić information content (AvgIpc) is 2.99. The molecule has 134 valence electrons. The molecule has 0 aliphatic heterocycles. The Bertz CT molecular complexity index is 875. The first-order valence-electron chi connectivity index (χ1n) is 8.30. The number of hydrogen-bond donors (Lipinski definition) is 1. The van der Waals surface area contributed by atoms with Crippen molar-refractivity contribution in [1.29, 1.82) is 0 Å². The second kappa shape index (κ2) is 8.20. The summed E-state index contributed by atoms with van der Waals surface area (Å²) in [5.41, 5.74) is 1.94. The SMILES string of the molecule is COc1ccccc1OCC(=O)Nc1cc(C)nn1Cc1ccccc1. The molecule has 0 saturated carbocycles. The summed E-state index contributed by atoms with van der Waals surface area (Å²) in [6.45, 7) is 2.36. The predicted molar refractivity (Wildman–Crippen MR) is 99.6 cm³/mol. The van der Waals surface area contributed by atoms with Crippen LogP contribution in [0.4, 0.5) is 5.82 Å². The molecular formula is C20H21N3O3. The molecule has 0 saturated heterocycles. The maximum absolute atomic E-state index is 12.3. The van der Waals surface area contributed by atoms with E-state index in [9.17, 15) is 4.79 Å².